The molecular formula is C15H12Cl2N4O3S4. The smallest absolute Gasteiger partial charge is 0.288 e. The van der Waals surface area contributed by atoms with Crippen LogP contribution in [0.1, 0.15) is 0 Å². The molecule has 0 aliphatic carbocycles. The number of carbonyl (C=O) groups excluding carboxylic acids is 3. The molecule has 2 aromatic rings. The van der Waals surface area contributed by atoms with Crippen LogP contribution in [0.2, 0.25) is 10.0 Å². The van der Waals surface area contributed by atoms with Gasteiger partial charge >= 0.3 is 0 Å². The minimum atomic E-state index is -0.277. The first-order valence-electron chi connectivity index (χ1n) is 7.77. The van der Waals surface area contributed by atoms with Crippen LogP contribution in [0.5, 0.6) is 0 Å². The topological polar surface area (TPSA) is 84.3 Å². The average Bonchev–Trinajstić information content (AvgIpc) is 3.18. The Kier molecular flexibility index (Phi) is 7.40. The number of carbonyl (C=O) groups is 3. The Labute approximate surface area is 187 Å². The maximum atomic E-state index is 12.0. The third kappa shape index (κ3) is 5.28. The van der Waals surface area contributed by atoms with Gasteiger partial charge in [-0.1, -0.05) is 58.1 Å². The second-order valence-electron chi connectivity index (χ2n) is 5.38. The summed E-state index contributed by atoms with van der Waals surface area (Å²) in [7, 11) is 0. The molecule has 0 unspecified atom stereocenters. The summed E-state index contributed by atoms with van der Waals surface area (Å²) in [5.74, 6) is -0.153. The Morgan fingerprint density at radius 2 is 2.11 bits per heavy atom. The summed E-state index contributed by atoms with van der Waals surface area (Å²) in [5, 5.41) is 7.64. The summed E-state index contributed by atoms with van der Waals surface area (Å²) < 4.78 is 2.71. The van der Waals surface area contributed by atoms with Crippen LogP contribution in [0, 0.1) is 3.95 Å². The van der Waals surface area contributed by atoms with Gasteiger partial charge in [0, 0.05) is 13.1 Å². The van der Waals surface area contributed by atoms with Gasteiger partial charge in [-0.25, -0.2) is 4.68 Å². The van der Waals surface area contributed by atoms with Crippen LogP contribution < -0.4 is 5.32 Å². The molecule has 1 saturated heterocycles. The van der Waals surface area contributed by atoms with Gasteiger partial charge in [0.15, 0.2) is 8.29 Å². The van der Waals surface area contributed by atoms with Gasteiger partial charge < -0.3 is 5.32 Å². The fourth-order valence-electron chi connectivity index (χ4n) is 2.18. The predicted octanol–water partition coefficient (Wildman–Crippen LogP) is 3.87. The summed E-state index contributed by atoms with van der Waals surface area (Å²) in [5.41, 5.74) is 0.685. The highest BCUT2D eigenvalue weighted by molar-refractivity contribution is 8.14. The lowest BCUT2D eigenvalue weighted by molar-refractivity contribution is -0.125. The van der Waals surface area contributed by atoms with Gasteiger partial charge in [-0.05, 0) is 30.4 Å². The molecule has 13 heteroatoms. The van der Waals surface area contributed by atoms with Crippen molar-refractivity contribution < 1.29 is 14.4 Å². The molecule has 1 aromatic carbocycles. The number of hydrogen-bond donors (Lipinski definition) is 1. The van der Waals surface area contributed by atoms with Crippen LogP contribution in [0.3, 0.4) is 0 Å². The van der Waals surface area contributed by atoms with E-state index in [2.05, 4.69) is 10.4 Å². The molecular weight excluding hydrogens is 483 g/mol. The molecule has 1 aromatic heterocycles. The van der Waals surface area contributed by atoms with Crippen LogP contribution in [0.15, 0.2) is 22.5 Å². The maximum absolute atomic E-state index is 12.0. The molecule has 7 nitrogen and oxygen atoms in total. The highest BCUT2D eigenvalue weighted by atomic mass is 35.5. The predicted molar refractivity (Wildman–Crippen MR) is 116 cm³/mol. The van der Waals surface area contributed by atoms with E-state index in [-0.39, 0.29) is 41.6 Å². The van der Waals surface area contributed by atoms with E-state index in [0.717, 1.165) is 16.7 Å². The summed E-state index contributed by atoms with van der Waals surface area (Å²) in [4.78, 5) is 36.1. The van der Waals surface area contributed by atoms with Crippen molar-refractivity contribution in [2.75, 3.05) is 24.6 Å². The first-order chi connectivity index (χ1) is 13.3. The van der Waals surface area contributed by atoms with Crippen molar-refractivity contribution in [3.05, 3.63) is 32.2 Å². The number of aromatic nitrogens is 2. The van der Waals surface area contributed by atoms with Crippen molar-refractivity contribution in [2.45, 2.75) is 4.34 Å². The van der Waals surface area contributed by atoms with Gasteiger partial charge in [0.2, 0.25) is 11.8 Å². The zero-order valence-electron chi connectivity index (χ0n) is 14.0. The van der Waals surface area contributed by atoms with Gasteiger partial charge in [0.25, 0.3) is 5.24 Å². The molecule has 3 amide bonds. The van der Waals surface area contributed by atoms with Crippen LogP contribution in [0.4, 0.5) is 4.79 Å². The van der Waals surface area contributed by atoms with Crippen molar-refractivity contribution in [1.82, 2.24) is 20.0 Å². The van der Waals surface area contributed by atoms with E-state index in [9.17, 15) is 14.4 Å². The van der Waals surface area contributed by atoms with Crippen LogP contribution in [-0.4, -0.2) is 56.3 Å². The third-order valence-corrected chi connectivity index (χ3v) is 7.46. The summed E-state index contributed by atoms with van der Waals surface area (Å²) in [6.45, 7) is 0.386. The average molecular weight is 495 g/mol. The van der Waals surface area contributed by atoms with Crippen molar-refractivity contribution in [1.29, 1.82) is 0 Å². The van der Waals surface area contributed by atoms with E-state index < -0.39 is 0 Å². The van der Waals surface area contributed by atoms with Crippen LogP contribution >= 0.6 is 70.3 Å². The number of imide groups is 1. The molecule has 0 bridgehead atoms. The molecule has 0 atom stereocenters. The number of halogens is 2. The monoisotopic (exact) mass is 494 g/mol. The number of amides is 3. The standard InChI is InChI=1S/C15H12Cl2N4O3S4/c16-9-2-1-8(5-10(9)17)21-15(25)28-13(19-21)26-6-11(22)18-3-4-20-12(23)7-27-14(20)24/h1-2,5H,3-4,6-7H2,(H,18,22). The molecule has 0 saturated carbocycles. The van der Waals surface area contributed by atoms with Crippen molar-refractivity contribution >= 4 is 87.3 Å². The molecule has 3 rings (SSSR count). The van der Waals surface area contributed by atoms with Gasteiger partial charge in [-0.2, -0.15) is 0 Å². The fourth-order valence-corrected chi connectivity index (χ4v) is 5.42. The van der Waals surface area contributed by atoms with Crippen LogP contribution in [0.25, 0.3) is 5.69 Å². The molecule has 1 aliphatic rings. The molecule has 1 N–H and O–H groups in total. The summed E-state index contributed by atoms with van der Waals surface area (Å²) in [6, 6.07) is 5.08. The highest BCUT2D eigenvalue weighted by Crippen LogP contribution is 2.27. The van der Waals surface area contributed by atoms with E-state index in [4.69, 9.17) is 35.4 Å². The Morgan fingerprint density at radius 3 is 2.79 bits per heavy atom. The first-order valence-corrected chi connectivity index (χ1v) is 11.7. The van der Waals surface area contributed by atoms with E-state index in [0.29, 0.717) is 24.0 Å². The number of benzene rings is 1. The quantitative estimate of drug-likeness (QED) is 0.461. The lowest BCUT2D eigenvalue weighted by Crippen LogP contribution is -2.38. The van der Waals surface area contributed by atoms with E-state index in [1.54, 1.807) is 22.9 Å². The Bertz CT molecular complexity index is 978. The SMILES string of the molecule is O=C(CSc1nn(-c2ccc(Cl)c(Cl)c2)c(=S)s1)NCCN1C(=O)CSC1=O. The zero-order chi connectivity index (χ0) is 20.3. The number of hydrogen-bond acceptors (Lipinski definition) is 8. The van der Waals surface area contributed by atoms with E-state index >= 15 is 0 Å². The largest absolute Gasteiger partial charge is 0.354 e. The number of rotatable bonds is 7. The summed E-state index contributed by atoms with van der Waals surface area (Å²) >= 11 is 20.8. The maximum Gasteiger partial charge on any atom is 0.288 e. The van der Waals surface area contributed by atoms with Gasteiger partial charge in [-0.3, -0.25) is 19.3 Å². The highest BCUT2D eigenvalue weighted by Gasteiger charge is 2.29. The van der Waals surface area contributed by atoms with E-state index in [1.165, 1.54) is 23.1 Å². The molecule has 28 heavy (non-hydrogen) atoms. The lowest BCUT2D eigenvalue weighted by atomic mass is 10.3. The van der Waals surface area contributed by atoms with Crippen molar-refractivity contribution in [2.24, 2.45) is 0 Å². The van der Waals surface area contributed by atoms with Crippen molar-refractivity contribution in [3.63, 3.8) is 0 Å². The molecule has 1 fully saturated rings. The molecule has 2 heterocycles. The number of nitrogens with one attached hydrogen (secondary N) is 1. The van der Waals surface area contributed by atoms with Crippen LogP contribution in [-0.2, 0) is 9.59 Å². The fraction of sp³-hybridized carbons (Fsp3) is 0.267. The molecule has 148 valence electrons. The van der Waals surface area contributed by atoms with E-state index in [1.807, 2.05) is 0 Å². The Morgan fingerprint density at radius 1 is 1.32 bits per heavy atom. The van der Waals surface area contributed by atoms with Crippen molar-refractivity contribution in [3.8, 4) is 5.69 Å². The number of nitrogens with zero attached hydrogens (tertiary/aromatic N) is 3. The number of thioether (sulfide) groups is 2. The Balaban J connectivity index is 1.51. The zero-order valence-corrected chi connectivity index (χ0v) is 18.8. The van der Waals surface area contributed by atoms with Gasteiger partial charge in [0.1, 0.15) is 0 Å². The molecule has 0 radical (unpaired) electrons. The molecule has 0 spiro atoms. The van der Waals surface area contributed by atoms with Gasteiger partial charge in [-0.15, -0.1) is 5.10 Å². The minimum Gasteiger partial charge on any atom is -0.354 e. The first kappa shape index (κ1) is 21.6. The minimum absolute atomic E-state index is 0.139. The normalized spacial score (nSPS) is 14.0. The summed E-state index contributed by atoms with van der Waals surface area (Å²) in [6.07, 6.45) is 0. The second-order valence-corrected chi connectivity index (χ2v) is 9.97. The van der Waals surface area contributed by atoms with Gasteiger partial charge in [0.05, 0.1) is 27.2 Å². The Hall–Kier alpha value is -1.11. The third-order valence-electron chi connectivity index (χ3n) is 3.50. The second kappa shape index (κ2) is 9.59. The lowest BCUT2D eigenvalue weighted by Gasteiger charge is -2.12. The molecule has 1 aliphatic heterocycles.